The van der Waals surface area contributed by atoms with Gasteiger partial charge in [0.05, 0.1) is 5.56 Å². The molecule has 22 heavy (non-hydrogen) atoms. The van der Waals surface area contributed by atoms with E-state index in [2.05, 4.69) is 0 Å². The monoisotopic (exact) mass is 292 g/mol. The highest BCUT2D eigenvalue weighted by atomic mass is 16.4. The molecule has 0 aliphatic carbocycles. The van der Waals surface area contributed by atoms with Crippen molar-refractivity contribution >= 4 is 0 Å². The van der Waals surface area contributed by atoms with Gasteiger partial charge in [0.15, 0.2) is 0 Å². The largest absolute Gasteiger partial charge is 0.507 e. The molecule has 0 aliphatic rings. The van der Waals surface area contributed by atoms with Crippen molar-refractivity contribution in [2.24, 2.45) is 0 Å². The van der Waals surface area contributed by atoms with E-state index in [9.17, 15) is 9.90 Å². The zero-order chi connectivity index (χ0) is 15.4. The molecule has 110 valence electrons. The van der Waals surface area contributed by atoms with E-state index >= 15 is 0 Å². The minimum Gasteiger partial charge on any atom is -0.507 e. The third-order valence-corrected chi connectivity index (χ3v) is 3.59. The molecule has 3 aromatic rings. The van der Waals surface area contributed by atoms with Crippen molar-refractivity contribution in [3.05, 3.63) is 88.3 Å². The Morgan fingerprint density at radius 3 is 2.14 bits per heavy atom. The molecule has 1 aromatic heterocycles. The molecule has 0 aliphatic heterocycles. The summed E-state index contributed by atoms with van der Waals surface area (Å²) < 4.78 is 5.35. The standard InChI is InChI=1S/C19H16O3/c20-17-13-18(15-9-5-2-6-10-15)22-19(21)16(17)12-11-14-7-3-1-4-8-14/h1-10,13,20H,11-12H2. The molecule has 0 unspecified atom stereocenters. The maximum atomic E-state index is 12.1. The molecular formula is C19H16O3. The van der Waals surface area contributed by atoms with Gasteiger partial charge in [-0.15, -0.1) is 0 Å². The summed E-state index contributed by atoms with van der Waals surface area (Å²) >= 11 is 0. The minimum atomic E-state index is -0.477. The summed E-state index contributed by atoms with van der Waals surface area (Å²) in [4.78, 5) is 12.1. The van der Waals surface area contributed by atoms with Gasteiger partial charge in [-0.2, -0.15) is 0 Å². The highest BCUT2D eigenvalue weighted by Gasteiger charge is 2.12. The van der Waals surface area contributed by atoms with Crippen molar-refractivity contribution in [1.82, 2.24) is 0 Å². The molecule has 0 saturated carbocycles. The summed E-state index contributed by atoms with van der Waals surface area (Å²) in [5.74, 6) is 0.373. The van der Waals surface area contributed by atoms with Crippen LogP contribution >= 0.6 is 0 Å². The Kier molecular flexibility index (Phi) is 4.05. The van der Waals surface area contributed by atoms with Crippen LogP contribution in [0.5, 0.6) is 5.75 Å². The van der Waals surface area contributed by atoms with Gasteiger partial charge in [0.25, 0.3) is 0 Å². The van der Waals surface area contributed by atoms with Crippen LogP contribution in [0.15, 0.2) is 75.9 Å². The first-order valence-electron chi connectivity index (χ1n) is 7.19. The first kappa shape index (κ1) is 14.1. The fourth-order valence-corrected chi connectivity index (χ4v) is 2.40. The Labute approximate surface area is 128 Å². The van der Waals surface area contributed by atoms with Crippen molar-refractivity contribution in [3.63, 3.8) is 0 Å². The average Bonchev–Trinajstić information content (AvgIpc) is 2.56. The second kappa shape index (κ2) is 6.31. The Morgan fingerprint density at radius 2 is 1.50 bits per heavy atom. The average molecular weight is 292 g/mol. The summed E-state index contributed by atoms with van der Waals surface area (Å²) in [6.45, 7) is 0. The van der Waals surface area contributed by atoms with Crippen LogP contribution in [0, 0.1) is 0 Å². The number of aromatic hydroxyl groups is 1. The van der Waals surface area contributed by atoms with E-state index in [1.54, 1.807) is 0 Å². The van der Waals surface area contributed by atoms with Gasteiger partial charge in [-0.05, 0) is 18.4 Å². The Bertz CT molecular complexity index is 805. The molecule has 3 nitrogen and oxygen atoms in total. The normalized spacial score (nSPS) is 10.5. The van der Waals surface area contributed by atoms with Gasteiger partial charge in [0.2, 0.25) is 0 Å². The summed E-state index contributed by atoms with van der Waals surface area (Å²) in [5.41, 5.74) is 1.73. The SMILES string of the molecule is O=c1oc(-c2ccccc2)cc(O)c1CCc1ccccc1. The lowest BCUT2D eigenvalue weighted by molar-refractivity contribution is 0.440. The van der Waals surface area contributed by atoms with Gasteiger partial charge < -0.3 is 9.52 Å². The maximum absolute atomic E-state index is 12.1. The predicted octanol–water partition coefficient (Wildman–Crippen LogP) is 3.80. The van der Waals surface area contributed by atoms with E-state index in [1.165, 1.54) is 6.07 Å². The van der Waals surface area contributed by atoms with Gasteiger partial charge in [0, 0.05) is 11.6 Å². The fourth-order valence-electron chi connectivity index (χ4n) is 2.40. The number of aryl methyl sites for hydroxylation is 1. The zero-order valence-corrected chi connectivity index (χ0v) is 12.0. The summed E-state index contributed by atoms with van der Waals surface area (Å²) in [6.07, 6.45) is 1.14. The van der Waals surface area contributed by atoms with Crippen LogP contribution in [0.1, 0.15) is 11.1 Å². The highest BCUT2D eigenvalue weighted by Crippen LogP contribution is 2.24. The smallest absolute Gasteiger partial charge is 0.343 e. The van der Waals surface area contributed by atoms with E-state index in [-0.39, 0.29) is 5.75 Å². The van der Waals surface area contributed by atoms with Crippen LogP contribution in [0.4, 0.5) is 0 Å². The molecule has 0 bridgehead atoms. The first-order chi connectivity index (χ1) is 10.7. The van der Waals surface area contributed by atoms with E-state index in [4.69, 9.17) is 4.42 Å². The summed E-state index contributed by atoms with van der Waals surface area (Å²) in [5, 5.41) is 10.2. The molecule has 0 spiro atoms. The number of hydrogen-bond acceptors (Lipinski definition) is 3. The van der Waals surface area contributed by atoms with Crippen LogP contribution in [0.3, 0.4) is 0 Å². The topological polar surface area (TPSA) is 50.4 Å². The van der Waals surface area contributed by atoms with Gasteiger partial charge in [-0.1, -0.05) is 60.7 Å². The number of hydrogen-bond donors (Lipinski definition) is 1. The van der Waals surface area contributed by atoms with Gasteiger partial charge >= 0.3 is 5.63 Å². The lowest BCUT2D eigenvalue weighted by Gasteiger charge is -2.06. The molecule has 1 heterocycles. The van der Waals surface area contributed by atoms with Crippen LogP contribution in [0.25, 0.3) is 11.3 Å². The maximum Gasteiger partial charge on any atom is 0.343 e. The second-order valence-electron chi connectivity index (χ2n) is 5.11. The van der Waals surface area contributed by atoms with Gasteiger partial charge in [-0.3, -0.25) is 0 Å². The highest BCUT2D eigenvalue weighted by molar-refractivity contribution is 5.59. The van der Waals surface area contributed by atoms with Gasteiger partial charge in [0.1, 0.15) is 11.5 Å². The van der Waals surface area contributed by atoms with Crippen LogP contribution in [-0.4, -0.2) is 5.11 Å². The molecule has 3 rings (SSSR count). The molecule has 0 amide bonds. The Morgan fingerprint density at radius 1 is 0.864 bits per heavy atom. The van der Waals surface area contributed by atoms with Crippen LogP contribution in [0.2, 0.25) is 0 Å². The van der Waals surface area contributed by atoms with Crippen molar-refractivity contribution in [1.29, 1.82) is 0 Å². The van der Waals surface area contributed by atoms with Crippen LogP contribution < -0.4 is 5.63 Å². The summed E-state index contributed by atoms with van der Waals surface area (Å²) in [7, 11) is 0. The van der Waals surface area contributed by atoms with Crippen molar-refractivity contribution < 1.29 is 9.52 Å². The molecule has 0 fully saturated rings. The fraction of sp³-hybridized carbons (Fsp3) is 0.105. The lowest BCUT2D eigenvalue weighted by atomic mass is 10.0. The Hall–Kier alpha value is -2.81. The van der Waals surface area contributed by atoms with Crippen LogP contribution in [-0.2, 0) is 12.8 Å². The third-order valence-electron chi connectivity index (χ3n) is 3.59. The van der Waals surface area contributed by atoms with Crippen molar-refractivity contribution in [2.75, 3.05) is 0 Å². The molecule has 3 heteroatoms. The zero-order valence-electron chi connectivity index (χ0n) is 12.0. The lowest BCUT2D eigenvalue weighted by Crippen LogP contribution is -2.09. The van der Waals surface area contributed by atoms with Gasteiger partial charge in [-0.25, -0.2) is 4.79 Å². The third kappa shape index (κ3) is 3.09. The molecule has 0 saturated heterocycles. The van der Waals surface area contributed by atoms with Crippen molar-refractivity contribution in [2.45, 2.75) is 12.8 Å². The molecule has 0 atom stereocenters. The molecular weight excluding hydrogens is 276 g/mol. The summed E-state index contributed by atoms with van der Waals surface area (Å²) in [6, 6.07) is 20.6. The first-order valence-corrected chi connectivity index (χ1v) is 7.19. The molecule has 2 aromatic carbocycles. The second-order valence-corrected chi connectivity index (χ2v) is 5.11. The quantitative estimate of drug-likeness (QED) is 0.795. The number of benzene rings is 2. The van der Waals surface area contributed by atoms with E-state index in [0.717, 1.165) is 11.1 Å². The predicted molar refractivity (Wildman–Crippen MR) is 85.9 cm³/mol. The van der Waals surface area contributed by atoms with E-state index < -0.39 is 5.63 Å². The molecule has 1 N–H and O–H groups in total. The van der Waals surface area contributed by atoms with E-state index in [0.29, 0.717) is 24.2 Å². The number of rotatable bonds is 4. The minimum absolute atomic E-state index is 0.00830. The van der Waals surface area contributed by atoms with E-state index in [1.807, 2.05) is 60.7 Å². The van der Waals surface area contributed by atoms with Crippen molar-refractivity contribution in [3.8, 4) is 17.1 Å². The Balaban J connectivity index is 1.86. The molecule has 0 radical (unpaired) electrons.